The van der Waals surface area contributed by atoms with E-state index in [9.17, 15) is 14.7 Å². The highest BCUT2D eigenvalue weighted by Gasteiger charge is 2.19. The smallest absolute Gasteiger partial charge is 0.326 e. The maximum atomic E-state index is 12.1. The van der Waals surface area contributed by atoms with Crippen molar-refractivity contribution in [2.75, 3.05) is 11.9 Å². The Morgan fingerprint density at radius 3 is 2.65 bits per heavy atom. The number of carbonyl (C=O) groups is 2. The number of fused-ring (bicyclic) bond motifs is 1. The number of anilines is 1. The number of carbonyl (C=O) groups excluding carboxylic acids is 1. The molecule has 0 aromatic carbocycles. The Morgan fingerprint density at radius 1 is 1.06 bits per heavy atom. The molecule has 7 heteroatoms. The summed E-state index contributed by atoms with van der Waals surface area (Å²) in [5, 5.41) is 15.4. The first-order valence-electron chi connectivity index (χ1n) is 11.3. The summed E-state index contributed by atoms with van der Waals surface area (Å²) in [7, 11) is 0. The van der Waals surface area contributed by atoms with Crippen molar-refractivity contribution in [2.45, 2.75) is 70.3 Å². The minimum atomic E-state index is -0.977. The molecule has 1 amide bonds. The predicted octanol–water partition coefficient (Wildman–Crippen LogP) is 3.53. The lowest BCUT2D eigenvalue weighted by atomic mass is 10.0. The van der Waals surface area contributed by atoms with E-state index >= 15 is 0 Å². The molecule has 1 atom stereocenters. The molecule has 1 aliphatic heterocycles. The van der Waals surface area contributed by atoms with Crippen LogP contribution in [0.1, 0.15) is 61.8 Å². The third kappa shape index (κ3) is 7.66. The molecule has 3 rings (SSSR count). The number of aryl methyl sites for hydroxylation is 2. The van der Waals surface area contributed by atoms with Crippen molar-refractivity contribution in [1.82, 2.24) is 15.3 Å². The second kappa shape index (κ2) is 12.0. The van der Waals surface area contributed by atoms with Crippen LogP contribution in [0.4, 0.5) is 5.82 Å². The van der Waals surface area contributed by atoms with Crippen LogP contribution in [0.3, 0.4) is 0 Å². The van der Waals surface area contributed by atoms with E-state index in [0.29, 0.717) is 6.42 Å². The number of carboxylic acid groups (broad SMARTS) is 1. The number of hydrogen-bond acceptors (Lipinski definition) is 5. The Hall–Kier alpha value is -2.96. The predicted molar refractivity (Wildman–Crippen MR) is 120 cm³/mol. The normalized spacial score (nSPS) is 13.7. The van der Waals surface area contributed by atoms with Gasteiger partial charge in [-0.3, -0.25) is 9.78 Å². The van der Waals surface area contributed by atoms with Gasteiger partial charge in [-0.1, -0.05) is 31.7 Å². The number of aromatic nitrogens is 2. The molecular formula is C24H32N4O3. The first-order chi connectivity index (χ1) is 15.1. The number of aliphatic carboxylic acids is 1. The van der Waals surface area contributed by atoms with Gasteiger partial charge in [0.25, 0.3) is 0 Å². The van der Waals surface area contributed by atoms with Crippen LogP contribution >= 0.6 is 0 Å². The van der Waals surface area contributed by atoms with Crippen molar-refractivity contribution in [3.05, 3.63) is 53.5 Å². The average Bonchev–Trinajstić information content (AvgIpc) is 2.78. The van der Waals surface area contributed by atoms with Gasteiger partial charge in [-0.05, 0) is 61.4 Å². The van der Waals surface area contributed by atoms with Crippen LogP contribution in [0.25, 0.3) is 0 Å². The summed E-state index contributed by atoms with van der Waals surface area (Å²) in [4.78, 5) is 32.2. The van der Waals surface area contributed by atoms with E-state index in [4.69, 9.17) is 4.98 Å². The van der Waals surface area contributed by atoms with Gasteiger partial charge in [0.05, 0.1) is 6.42 Å². The monoisotopic (exact) mass is 424 g/mol. The molecule has 2 aromatic rings. The Balaban J connectivity index is 1.29. The molecule has 0 aliphatic carbocycles. The fourth-order valence-electron chi connectivity index (χ4n) is 3.88. The number of carboxylic acids is 1. The lowest BCUT2D eigenvalue weighted by Crippen LogP contribution is -2.41. The minimum Gasteiger partial charge on any atom is -0.480 e. The van der Waals surface area contributed by atoms with Gasteiger partial charge in [0.1, 0.15) is 11.9 Å². The SMILES string of the molecule is O=C(Cc1ccncc1)N[C@@H](CCCCCCCc1ccc2c(n1)NCCC2)C(=O)O. The van der Waals surface area contributed by atoms with Gasteiger partial charge in [0.2, 0.25) is 5.91 Å². The third-order valence-electron chi connectivity index (χ3n) is 5.62. The Kier molecular flexibility index (Phi) is 8.82. The number of hydrogen-bond donors (Lipinski definition) is 3. The second-order valence-electron chi connectivity index (χ2n) is 8.14. The van der Waals surface area contributed by atoms with Crippen molar-refractivity contribution in [2.24, 2.45) is 0 Å². The first-order valence-corrected chi connectivity index (χ1v) is 11.3. The summed E-state index contributed by atoms with van der Waals surface area (Å²) in [5.41, 5.74) is 3.27. The Labute approximate surface area is 183 Å². The molecule has 7 nitrogen and oxygen atoms in total. The highest BCUT2D eigenvalue weighted by atomic mass is 16.4. The summed E-state index contributed by atoms with van der Waals surface area (Å²) >= 11 is 0. The standard InChI is InChI=1S/C24H32N4O3/c29-22(17-18-12-15-25-16-13-18)28-21(24(30)31)9-5-3-1-2-4-8-20-11-10-19-7-6-14-26-23(19)27-20/h10-13,15-16,21H,1-9,14,17H2,(H,26,27)(H,28,29)(H,30,31)/t21-/m0/s1. The van der Waals surface area contributed by atoms with Crippen molar-refractivity contribution in [3.8, 4) is 0 Å². The molecule has 31 heavy (non-hydrogen) atoms. The maximum Gasteiger partial charge on any atom is 0.326 e. The number of rotatable bonds is 12. The van der Waals surface area contributed by atoms with Crippen LogP contribution in [-0.4, -0.2) is 39.5 Å². The van der Waals surface area contributed by atoms with E-state index in [1.165, 1.54) is 12.0 Å². The largest absolute Gasteiger partial charge is 0.480 e. The molecule has 2 aromatic heterocycles. The van der Waals surface area contributed by atoms with Gasteiger partial charge >= 0.3 is 5.97 Å². The molecule has 0 spiro atoms. The van der Waals surface area contributed by atoms with Crippen LogP contribution in [0.5, 0.6) is 0 Å². The quantitative estimate of drug-likeness (QED) is 0.450. The van der Waals surface area contributed by atoms with E-state index in [-0.39, 0.29) is 12.3 Å². The van der Waals surface area contributed by atoms with E-state index < -0.39 is 12.0 Å². The van der Waals surface area contributed by atoms with Crippen molar-refractivity contribution in [1.29, 1.82) is 0 Å². The van der Waals surface area contributed by atoms with Gasteiger partial charge in [0, 0.05) is 24.6 Å². The lowest BCUT2D eigenvalue weighted by molar-refractivity contribution is -0.142. The molecule has 0 fully saturated rings. The van der Waals surface area contributed by atoms with Gasteiger partial charge in [-0.15, -0.1) is 0 Å². The van der Waals surface area contributed by atoms with Crippen molar-refractivity contribution >= 4 is 17.7 Å². The van der Waals surface area contributed by atoms with Crippen LogP contribution < -0.4 is 10.6 Å². The highest BCUT2D eigenvalue weighted by molar-refractivity contribution is 5.84. The lowest BCUT2D eigenvalue weighted by Gasteiger charge is -2.17. The van der Waals surface area contributed by atoms with E-state index in [1.54, 1.807) is 24.5 Å². The average molecular weight is 425 g/mol. The molecule has 3 heterocycles. The van der Waals surface area contributed by atoms with Crippen LogP contribution in [0, 0.1) is 0 Å². The van der Waals surface area contributed by atoms with Crippen molar-refractivity contribution < 1.29 is 14.7 Å². The number of nitrogens with one attached hydrogen (secondary N) is 2. The topological polar surface area (TPSA) is 104 Å². The Morgan fingerprint density at radius 2 is 1.84 bits per heavy atom. The summed E-state index contributed by atoms with van der Waals surface area (Å²) in [6.45, 7) is 1.00. The third-order valence-corrected chi connectivity index (χ3v) is 5.62. The maximum absolute atomic E-state index is 12.1. The van der Waals surface area contributed by atoms with Crippen LogP contribution in [0.2, 0.25) is 0 Å². The number of pyridine rings is 2. The summed E-state index contributed by atoms with van der Waals surface area (Å²) in [5.74, 6) is -0.199. The van der Waals surface area contributed by atoms with E-state index in [2.05, 4.69) is 27.8 Å². The zero-order chi connectivity index (χ0) is 21.9. The molecule has 0 bridgehead atoms. The first kappa shape index (κ1) is 22.7. The molecule has 0 radical (unpaired) electrons. The van der Waals surface area contributed by atoms with Gasteiger partial charge < -0.3 is 15.7 Å². The summed E-state index contributed by atoms with van der Waals surface area (Å²) in [6, 6.07) is 7.01. The minimum absolute atomic E-state index is 0.165. The number of amides is 1. The molecule has 3 N–H and O–H groups in total. The molecule has 166 valence electrons. The molecule has 1 aliphatic rings. The zero-order valence-corrected chi connectivity index (χ0v) is 18.0. The van der Waals surface area contributed by atoms with Gasteiger partial charge in [0.15, 0.2) is 0 Å². The summed E-state index contributed by atoms with van der Waals surface area (Å²) in [6.07, 6.45) is 12.1. The van der Waals surface area contributed by atoms with Crippen LogP contribution in [0.15, 0.2) is 36.7 Å². The fourth-order valence-corrected chi connectivity index (χ4v) is 3.88. The fraction of sp³-hybridized carbons (Fsp3) is 0.500. The van der Waals surface area contributed by atoms with Gasteiger partial charge in [-0.25, -0.2) is 9.78 Å². The van der Waals surface area contributed by atoms with E-state index in [1.807, 2.05) is 0 Å². The van der Waals surface area contributed by atoms with E-state index in [0.717, 1.165) is 68.6 Å². The highest BCUT2D eigenvalue weighted by Crippen LogP contribution is 2.20. The van der Waals surface area contributed by atoms with Gasteiger partial charge in [-0.2, -0.15) is 0 Å². The van der Waals surface area contributed by atoms with Crippen molar-refractivity contribution in [3.63, 3.8) is 0 Å². The number of nitrogens with zero attached hydrogens (tertiary/aromatic N) is 2. The molecule has 0 saturated heterocycles. The molecule has 0 unspecified atom stereocenters. The zero-order valence-electron chi connectivity index (χ0n) is 18.0. The molecule has 0 saturated carbocycles. The second-order valence-corrected chi connectivity index (χ2v) is 8.14. The molecular weight excluding hydrogens is 392 g/mol. The number of unbranched alkanes of at least 4 members (excludes halogenated alkanes) is 4. The Bertz CT molecular complexity index is 857. The van der Waals surface area contributed by atoms with Crippen LogP contribution in [-0.2, 0) is 28.9 Å². The summed E-state index contributed by atoms with van der Waals surface area (Å²) < 4.78 is 0.